The Morgan fingerprint density at radius 2 is 0.698 bits per heavy atom. The number of Topliss-reactive ketones (excluding diaryl/α,β-unsaturated/α-hetero) is 2. The van der Waals surface area contributed by atoms with E-state index in [0.717, 1.165) is 6.92 Å². The van der Waals surface area contributed by atoms with Gasteiger partial charge in [0.25, 0.3) is 11.8 Å². The molecule has 2 fully saturated rings. The minimum absolute atomic E-state index is 0.0252. The molecule has 0 spiro atoms. The van der Waals surface area contributed by atoms with Gasteiger partial charge in [0.1, 0.15) is 71.6 Å². The number of carbonyl (C=O) groups is 22. The lowest BCUT2D eigenvalue weighted by Crippen LogP contribution is -2.61. The van der Waals surface area contributed by atoms with Crippen LogP contribution in [0.3, 0.4) is 0 Å². The zero-order valence-corrected chi connectivity index (χ0v) is 78.7. The monoisotopic (exact) mass is 1840 g/mol. The van der Waals surface area contributed by atoms with E-state index < -0.39 is 275 Å². The zero-order chi connectivity index (χ0) is 99.0. The first kappa shape index (κ1) is 116. The number of carboxylic acids is 3. The van der Waals surface area contributed by atoms with E-state index in [1.807, 2.05) is 0 Å². The van der Waals surface area contributed by atoms with Crippen molar-refractivity contribution in [2.75, 3.05) is 32.8 Å². The normalized spacial score (nSPS) is 16.4. The Morgan fingerprint density at radius 1 is 0.364 bits per heavy atom. The number of hydrogen-bond acceptors (Lipinski definition) is 26. The number of esters is 3. The van der Waals surface area contributed by atoms with E-state index in [1.54, 1.807) is 138 Å². The molecule has 0 aliphatic carbocycles. The number of ether oxygens (including phenoxy) is 4. The molecule has 0 bridgehead atoms. The number of carboxylic acid groups (broad SMARTS) is 3. The van der Waals surface area contributed by atoms with Crippen LogP contribution in [0.15, 0.2) is 0 Å². The first-order valence-corrected chi connectivity index (χ1v) is 43.9. The number of amides is 14. The summed E-state index contributed by atoms with van der Waals surface area (Å²) in [6.45, 7) is 35.3. The van der Waals surface area contributed by atoms with Crippen LogP contribution < -0.4 is 63.8 Å². The summed E-state index contributed by atoms with van der Waals surface area (Å²) < 4.78 is 21.0. The number of hydrogen-bond donors (Lipinski definition) is 15. The van der Waals surface area contributed by atoms with E-state index in [0.29, 0.717) is 25.7 Å². The van der Waals surface area contributed by atoms with Crippen molar-refractivity contribution < 1.29 is 140 Å². The third-order valence-corrected chi connectivity index (χ3v) is 19.8. The maximum absolute atomic E-state index is 14.3. The van der Waals surface area contributed by atoms with Crippen LogP contribution in [0.5, 0.6) is 0 Å². The van der Waals surface area contributed by atoms with Crippen LogP contribution in [-0.2, 0) is 124 Å². The van der Waals surface area contributed by atoms with Crippen molar-refractivity contribution >= 4 is 130 Å². The fourth-order valence-corrected chi connectivity index (χ4v) is 13.3. The minimum Gasteiger partial charge on any atom is -0.481 e. The predicted molar refractivity (Wildman–Crippen MR) is 463 cm³/mol. The molecule has 15 N–H and O–H groups in total. The molecule has 2 saturated heterocycles. The van der Waals surface area contributed by atoms with Crippen LogP contribution in [0.4, 0.5) is 0 Å². The predicted octanol–water partition coefficient (Wildman–Crippen LogP) is 0.632. The summed E-state index contributed by atoms with van der Waals surface area (Å²) in [4.78, 5) is 288. The van der Waals surface area contributed by atoms with Crippen LogP contribution in [0.2, 0.25) is 0 Å². The number of nitrogens with one attached hydrogen (secondary N) is 12. The van der Waals surface area contributed by atoms with E-state index in [-0.39, 0.29) is 90.4 Å². The fraction of sp³-hybridized carbons (Fsp3) is 0.744. The van der Waals surface area contributed by atoms with E-state index in [2.05, 4.69) is 63.8 Å². The third-order valence-electron chi connectivity index (χ3n) is 19.8. The molecule has 0 radical (unpaired) electrons. The summed E-state index contributed by atoms with van der Waals surface area (Å²) >= 11 is 0. The molecule has 43 heteroatoms. The fourth-order valence-electron chi connectivity index (χ4n) is 13.3. The molecule has 0 saturated carbocycles. The standard InChI is InChI=1S/C48H81N7O15.C38H61N7O14/c1-16-18-29(38(59)43(64)52-32(45(66)67)25-68-46(7,8)9)50-41(62)33-19-17-24-55(33)44(65)37(27(4)5)54-42(63)36(26(2)3)53-40(61)31(21-23-35(58)70-48(13,14)15)51-39(60)30(49-28(6)56)20-22-34(57)69-47(10,11)12;1-8-11-23(32(52)37(57)39-18-17-29(51)59-9-2)41-35(55)26-12-10-19-45(26)38(58)31(21(5)6)44-36(56)30(20(3)4)43-34(54)25(14-16-28(49)50)42-33(53)24(40-22(7)46)13-15-27(47)48/h26-27,29-33,36-37H,16-25H2,1-15H3,(H,49,56)(H,50,62)(H,51,60)(H,52,64)(H,53,61)(H,54,63)(H,66,67);20-21,23-26,30-31H,8-19H2,1-7H3,(H,39,57)(H,40,46)(H,41,55)(H,42,53)(H,43,54)(H,44,56)(H,47,48)(H,49,50)/t29?,30?,31?,32?,33-,36?,37?;23-,24-,25-,26-,30-,31-/m00/s1. The molecule has 2 aliphatic heterocycles. The number of aliphatic carboxylic acids is 3. The second kappa shape index (κ2) is 55.5. The van der Waals surface area contributed by atoms with E-state index in [4.69, 9.17) is 24.1 Å². The Kier molecular flexibility index (Phi) is 49.8. The lowest BCUT2D eigenvalue weighted by atomic mass is 9.98. The van der Waals surface area contributed by atoms with Gasteiger partial charge < -0.3 is 108 Å². The van der Waals surface area contributed by atoms with Crippen molar-refractivity contribution in [3.8, 4) is 0 Å². The van der Waals surface area contributed by atoms with E-state index in [1.165, 1.54) is 16.7 Å². The Balaban J connectivity index is 0.00000131. The molecule has 13 atom stereocenters. The van der Waals surface area contributed by atoms with Gasteiger partial charge in [-0.2, -0.15) is 0 Å². The topological polar surface area (TPSA) is 624 Å². The van der Waals surface area contributed by atoms with Gasteiger partial charge >= 0.3 is 35.8 Å². The maximum Gasteiger partial charge on any atom is 0.328 e. The summed E-state index contributed by atoms with van der Waals surface area (Å²) in [5, 5.41) is 57.9. The van der Waals surface area contributed by atoms with Crippen LogP contribution in [0.1, 0.15) is 261 Å². The van der Waals surface area contributed by atoms with Gasteiger partial charge in [-0.25, -0.2) is 4.79 Å². The quantitative estimate of drug-likeness (QED) is 0.0226. The molecular weight excluding hydrogens is 1690 g/mol. The highest BCUT2D eigenvalue weighted by Gasteiger charge is 2.45. The molecule has 0 aromatic carbocycles. The van der Waals surface area contributed by atoms with Gasteiger partial charge in [-0.05, 0) is 157 Å². The largest absolute Gasteiger partial charge is 0.481 e. The Labute approximate surface area is 753 Å². The average Bonchev–Trinajstić information content (AvgIpc) is 1.73. The molecule has 730 valence electrons. The maximum atomic E-state index is 14.3. The van der Waals surface area contributed by atoms with Gasteiger partial charge in [-0.3, -0.25) is 101 Å². The number of rotatable bonds is 52. The van der Waals surface area contributed by atoms with Crippen molar-refractivity contribution in [1.82, 2.24) is 73.6 Å². The molecule has 14 amide bonds. The van der Waals surface area contributed by atoms with E-state index in [9.17, 15) is 116 Å². The molecule has 0 aromatic rings. The SMILES string of the molecule is CCCC(NC(=O)[C@@H]1CCCN1C(=O)C(NC(=O)C(NC(=O)C(CCC(=O)OC(C)(C)C)NC(=O)C(CCC(=O)OC(C)(C)C)NC(C)=O)C(C)C)C(C)C)C(=O)C(=O)NC(COC(C)(C)C)C(=O)O.CCC[C@H](NC(=O)[C@@H]1CCCN1C(=O)[C@@H](NC(=O)[C@@H](NC(=O)[C@H](CCC(=O)O)NC(=O)[C@H](CCC(=O)O)NC(C)=O)C(C)C)C(C)C)C(=O)C(=O)NCCC(=O)OCC. The van der Waals surface area contributed by atoms with Gasteiger partial charge in [-0.15, -0.1) is 0 Å². The van der Waals surface area contributed by atoms with Crippen molar-refractivity contribution in [2.24, 2.45) is 23.7 Å². The van der Waals surface area contributed by atoms with Gasteiger partial charge in [0.15, 0.2) is 6.04 Å². The highest BCUT2D eigenvalue weighted by molar-refractivity contribution is 6.39. The van der Waals surface area contributed by atoms with Crippen molar-refractivity contribution in [2.45, 2.75) is 357 Å². The minimum atomic E-state index is -1.55. The number of ketones is 2. The average molecular weight is 1840 g/mol. The number of nitrogens with zero attached hydrogens (tertiary/aromatic N) is 2. The van der Waals surface area contributed by atoms with Crippen LogP contribution in [0, 0.1) is 23.7 Å². The smallest absolute Gasteiger partial charge is 0.328 e. The molecular formula is C86H142N14O29. The van der Waals surface area contributed by atoms with Crippen molar-refractivity contribution in [3.05, 3.63) is 0 Å². The molecule has 2 rings (SSSR count). The second-order valence-corrected chi connectivity index (χ2v) is 36.1. The van der Waals surface area contributed by atoms with Crippen molar-refractivity contribution in [3.63, 3.8) is 0 Å². The van der Waals surface area contributed by atoms with Gasteiger partial charge in [-0.1, -0.05) is 82.1 Å². The third kappa shape index (κ3) is 43.6. The second-order valence-electron chi connectivity index (χ2n) is 36.1. The molecule has 43 nitrogen and oxygen atoms in total. The van der Waals surface area contributed by atoms with Gasteiger partial charge in [0.05, 0.1) is 37.3 Å². The summed E-state index contributed by atoms with van der Waals surface area (Å²) in [6, 6.07) is -17.0. The van der Waals surface area contributed by atoms with Crippen LogP contribution in [-0.4, -0.2) is 283 Å². The number of carbonyl (C=O) groups excluding carboxylic acids is 19. The molecule has 0 aromatic heterocycles. The number of likely N-dealkylation sites (tertiary alicyclic amines) is 2. The Bertz CT molecular complexity index is 3920. The van der Waals surface area contributed by atoms with Crippen LogP contribution in [0.25, 0.3) is 0 Å². The Morgan fingerprint density at radius 3 is 1.01 bits per heavy atom. The summed E-state index contributed by atoms with van der Waals surface area (Å²) in [5.74, 6) is -21.6. The molecule has 2 heterocycles. The van der Waals surface area contributed by atoms with Gasteiger partial charge in [0, 0.05) is 59.2 Å². The molecule has 6 unspecified atom stereocenters. The first-order valence-electron chi connectivity index (χ1n) is 43.9. The van der Waals surface area contributed by atoms with Crippen molar-refractivity contribution in [1.29, 1.82) is 0 Å². The highest BCUT2D eigenvalue weighted by Crippen LogP contribution is 2.25. The molecule has 2 aliphatic rings. The lowest BCUT2D eigenvalue weighted by molar-refractivity contribution is -0.156. The summed E-state index contributed by atoms with van der Waals surface area (Å²) in [6.07, 6.45) is -0.969. The van der Waals surface area contributed by atoms with Gasteiger partial charge in [0.2, 0.25) is 82.5 Å². The lowest BCUT2D eigenvalue weighted by Gasteiger charge is -2.33. The summed E-state index contributed by atoms with van der Waals surface area (Å²) in [7, 11) is 0. The zero-order valence-electron chi connectivity index (χ0n) is 78.7. The first-order chi connectivity index (χ1) is 59.7. The van der Waals surface area contributed by atoms with E-state index >= 15 is 0 Å². The summed E-state index contributed by atoms with van der Waals surface area (Å²) in [5.41, 5.74) is -2.42. The molecule has 129 heavy (non-hydrogen) atoms. The highest BCUT2D eigenvalue weighted by atomic mass is 16.6. The Hall–Kier alpha value is -11.3. The van der Waals surface area contributed by atoms with Crippen LogP contribution >= 0.6 is 0 Å².